The Morgan fingerprint density at radius 3 is 2.48 bits per heavy atom. The Labute approximate surface area is 190 Å². The monoisotopic (exact) mass is 480 g/mol. The summed E-state index contributed by atoms with van der Waals surface area (Å²) in [5.74, 6) is -0.653. The lowest BCUT2D eigenvalue weighted by Crippen LogP contribution is -2.42. The Hall–Kier alpha value is -3.14. The van der Waals surface area contributed by atoms with Gasteiger partial charge in [0, 0.05) is 12.4 Å². The van der Waals surface area contributed by atoms with Gasteiger partial charge < -0.3 is 4.74 Å². The van der Waals surface area contributed by atoms with Crippen molar-refractivity contribution < 1.29 is 31.1 Å². The van der Waals surface area contributed by atoms with E-state index in [9.17, 15) is 26.4 Å². The Morgan fingerprint density at radius 1 is 1.06 bits per heavy atom. The fourth-order valence-electron chi connectivity index (χ4n) is 3.28. The van der Waals surface area contributed by atoms with Crippen molar-refractivity contribution in [1.29, 1.82) is 0 Å². The number of halogens is 3. The van der Waals surface area contributed by atoms with Crippen molar-refractivity contribution in [1.82, 2.24) is 9.29 Å². The zero-order valence-corrected chi connectivity index (χ0v) is 18.9. The molecule has 0 saturated carbocycles. The number of aryl methyl sites for hydroxylation is 1. The quantitative estimate of drug-likeness (QED) is 0.470. The predicted molar refractivity (Wildman–Crippen MR) is 118 cm³/mol. The number of aromatic nitrogens is 1. The molecule has 3 rings (SSSR count). The number of hydrogen-bond acceptors (Lipinski definition) is 5. The van der Waals surface area contributed by atoms with E-state index in [2.05, 4.69) is 4.98 Å². The maximum absolute atomic E-state index is 12.7. The van der Waals surface area contributed by atoms with E-state index in [0.29, 0.717) is 36.8 Å². The fourth-order valence-corrected chi connectivity index (χ4v) is 3.92. The summed E-state index contributed by atoms with van der Waals surface area (Å²) in [4.78, 5) is 16.8. The summed E-state index contributed by atoms with van der Waals surface area (Å²) in [7, 11) is -5.12. The second kappa shape index (κ2) is 9.78. The topological polar surface area (TPSA) is 76.6 Å². The molecule has 33 heavy (non-hydrogen) atoms. The van der Waals surface area contributed by atoms with Crippen molar-refractivity contribution in [3.63, 3.8) is 0 Å². The third kappa shape index (κ3) is 5.62. The van der Waals surface area contributed by atoms with Crippen LogP contribution in [-0.2, 0) is 34.3 Å². The van der Waals surface area contributed by atoms with Gasteiger partial charge in [-0.1, -0.05) is 43.7 Å². The summed E-state index contributed by atoms with van der Waals surface area (Å²) >= 11 is 0. The van der Waals surface area contributed by atoms with Gasteiger partial charge in [-0.3, -0.25) is 4.79 Å². The van der Waals surface area contributed by atoms with E-state index < -0.39 is 27.9 Å². The Morgan fingerprint density at radius 2 is 1.79 bits per heavy atom. The maximum atomic E-state index is 12.7. The molecule has 1 aromatic heterocycles. The molecule has 0 spiro atoms. The molecule has 0 bridgehead atoms. The molecule has 3 aromatic rings. The number of carbonyl (C=O) groups is 1. The Kier molecular flexibility index (Phi) is 7.26. The molecule has 0 aliphatic carbocycles. The van der Waals surface area contributed by atoms with Gasteiger partial charge in [-0.25, -0.2) is 9.29 Å². The van der Waals surface area contributed by atoms with Crippen LogP contribution < -0.4 is 4.74 Å². The third-order valence-corrected chi connectivity index (χ3v) is 6.60. The first kappa shape index (κ1) is 24.5. The molecule has 176 valence electrons. The number of rotatable bonds is 8. The first-order chi connectivity index (χ1) is 15.5. The summed E-state index contributed by atoms with van der Waals surface area (Å²) in [6.45, 7) is 2.12. The number of para-hydroxylation sites is 1. The minimum absolute atomic E-state index is 0.210. The van der Waals surface area contributed by atoms with Crippen LogP contribution in [0, 0.1) is 0 Å². The number of amides is 1. The summed E-state index contributed by atoms with van der Waals surface area (Å²) in [6, 6.07) is 16.4. The normalized spacial score (nSPS) is 12.0. The van der Waals surface area contributed by atoms with Crippen LogP contribution in [0.2, 0.25) is 0 Å². The van der Waals surface area contributed by atoms with Crippen molar-refractivity contribution in [3.8, 4) is 5.75 Å². The number of likely N-dealkylation sites (N-methyl/N-ethyl adjacent to an activating group) is 1. The van der Waals surface area contributed by atoms with E-state index in [1.807, 2.05) is 43.3 Å². The van der Waals surface area contributed by atoms with Crippen molar-refractivity contribution in [2.24, 2.45) is 0 Å². The van der Waals surface area contributed by atoms with Crippen LogP contribution in [0.25, 0.3) is 10.9 Å². The number of carbonyl (C=O) groups excluding carboxylic acids is 1. The first-order valence-electron chi connectivity index (χ1n) is 10.2. The molecule has 0 atom stereocenters. The molecule has 1 heterocycles. The van der Waals surface area contributed by atoms with Gasteiger partial charge >= 0.3 is 15.5 Å². The number of hydrogen-bond donors (Lipinski definition) is 0. The summed E-state index contributed by atoms with van der Waals surface area (Å²) in [6.07, 6.45) is 0.783. The molecule has 0 saturated heterocycles. The van der Waals surface area contributed by atoms with E-state index in [-0.39, 0.29) is 10.9 Å². The number of benzene rings is 2. The molecule has 0 aliphatic heterocycles. The number of pyridine rings is 1. The lowest BCUT2D eigenvalue weighted by Gasteiger charge is -2.20. The van der Waals surface area contributed by atoms with Crippen LogP contribution in [-0.4, -0.2) is 36.2 Å². The zero-order valence-electron chi connectivity index (χ0n) is 18.1. The van der Waals surface area contributed by atoms with E-state index >= 15 is 0 Å². The minimum Gasteiger partial charge on any atom is -0.487 e. The van der Waals surface area contributed by atoms with Gasteiger partial charge in [0.25, 0.3) is 0 Å². The number of ether oxygens (including phenoxy) is 1. The van der Waals surface area contributed by atoms with E-state index in [1.165, 1.54) is 0 Å². The van der Waals surface area contributed by atoms with Gasteiger partial charge in [0.05, 0.1) is 17.6 Å². The molecular weight excluding hydrogens is 457 g/mol. The van der Waals surface area contributed by atoms with Gasteiger partial charge in [0.2, 0.25) is 5.91 Å². The van der Waals surface area contributed by atoms with Gasteiger partial charge in [0.1, 0.15) is 12.4 Å². The molecule has 0 N–H and O–H groups in total. The summed E-state index contributed by atoms with van der Waals surface area (Å²) < 4.78 is 66.8. The molecule has 1 amide bonds. The van der Waals surface area contributed by atoms with Crippen LogP contribution in [0.1, 0.15) is 30.2 Å². The smallest absolute Gasteiger partial charge is 0.487 e. The van der Waals surface area contributed by atoms with Crippen molar-refractivity contribution >= 4 is 26.8 Å². The number of alkyl halides is 3. The summed E-state index contributed by atoms with van der Waals surface area (Å²) in [5, 5.41) is 1.01. The van der Waals surface area contributed by atoms with Crippen LogP contribution in [0.5, 0.6) is 5.75 Å². The highest BCUT2D eigenvalue weighted by Gasteiger charge is 2.50. The first-order valence-corrected chi connectivity index (χ1v) is 11.6. The van der Waals surface area contributed by atoms with Crippen molar-refractivity contribution in [3.05, 3.63) is 71.4 Å². The molecule has 0 radical (unpaired) electrons. The van der Waals surface area contributed by atoms with Gasteiger partial charge in [-0.05, 0) is 41.8 Å². The standard InChI is InChI=1S/C23H23F3N2O4S/c1-3-6-17-13-20(32-15-19-11-9-16-7-4-5-8-21(16)27-19)12-10-18(17)14-22(29)28(2)33(30,31)23(24,25)26/h4-5,7-13H,3,6,14-15H2,1-2H3. The van der Waals surface area contributed by atoms with Gasteiger partial charge in [0.15, 0.2) is 0 Å². The van der Waals surface area contributed by atoms with E-state index in [4.69, 9.17) is 4.74 Å². The molecule has 0 aliphatic rings. The Balaban J connectivity index is 1.75. The average Bonchev–Trinajstić information content (AvgIpc) is 2.77. The average molecular weight is 481 g/mol. The zero-order chi connectivity index (χ0) is 24.2. The minimum atomic E-state index is -5.73. The maximum Gasteiger partial charge on any atom is 0.516 e. The molecule has 2 aromatic carbocycles. The second-order valence-corrected chi connectivity index (χ2v) is 9.41. The van der Waals surface area contributed by atoms with Gasteiger partial charge in [-0.15, -0.1) is 0 Å². The highest BCUT2D eigenvalue weighted by molar-refractivity contribution is 7.90. The van der Waals surface area contributed by atoms with Crippen LogP contribution >= 0.6 is 0 Å². The summed E-state index contributed by atoms with van der Waals surface area (Å²) in [5.41, 5.74) is -2.83. The molecular formula is C23H23F3N2O4S. The molecule has 0 unspecified atom stereocenters. The van der Waals surface area contributed by atoms with Crippen LogP contribution in [0.15, 0.2) is 54.6 Å². The lowest BCUT2D eigenvalue weighted by atomic mass is 10.00. The SMILES string of the molecule is CCCc1cc(OCc2ccc3ccccc3n2)ccc1CC(=O)N(C)S(=O)(=O)C(F)(F)F. The van der Waals surface area contributed by atoms with Crippen molar-refractivity contribution in [2.45, 2.75) is 38.3 Å². The molecule has 0 fully saturated rings. The van der Waals surface area contributed by atoms with Crippen LogP contribution in [0.3, 0.4) is 0 Å². The van der Waals surface area contributed by atoms with Crippen molar-refractivity contribution in [2.75, 3.05) is 7.05 Å². The highest BCUT2D eigenvalue weighted by atomic mass is 32.2. The van der Waals surface area contributed by atoms with E-state index in [0.717, 1.165) is 16.6 Å². The fraction of sp³-hybridized carbons (Fsp3) is 0.304. The number of sulfonamides is 1. The third-order valence-electron chi connectivity index (χ3n) is 5.09. The number of fused-ring (bicyclic) bond motifs is 1. The highest BCUT2D eigenvalue weighted by Crippen LogP contribution is 2.27. The van der Waals surface area contributed by atoms with Gasteiger partial charge in [-0.2, -0.15) is 21.6 Å². The molecule has 10 heteroatoms. The lowest BCUT2D eigenvalue weighted by molar-refractivity contribution is -0.126. The predicted octanol–water partition coefficient (Wildman–Crippen LogP) is 4.62. The Bertz CT molecular complexity index is 1260. The number of nitrogens with zero attached hydrogens (tertiary/aromatic N) is 2. The second-order valence-electron chi connectivity index (χ2n) is 7.45. The van der Waals surface area contributed by atoms with Crippen LogP contribution in [0.4, 0.5) is 13.2 Å². The van der Waals surface area contributed by atoms with E-state index in [1.54, 1.807) is 18.2 Å². The largest absolute Gasteiger partial charge is 0.516 e. The molecule has 6 nitrogen and oxygen atoms in total.